The van der Waals surface area contributed by atoms with Gasteiger partial charge in [-0.15, -0.1) is 11.3 Å². The number of carbonyl (C=O) groups excluding carboxylic acids is 1. The van der Waals surface area contributed by atoms with Crippen LogP contribution in [-0.4, -0.2) is 13.0 Å². The lowest BCUT2D eigenvalue weighted by molar-refractivity contribution is 0.103. The van der Waals surface area contributed by atoms with Crippen LogP contribution in [0.2, 0.25) is 5.02 Å². The van der Waals surface area contributed by atoms with Crippen molar-refractivity contribution in [2.24, 2.45) is 0 Å². The van der Waals surface area contributed by atoms with Gasteiger partial charge in [0.1, 0.15) is 5.75 Å². The van der Waals surface area contributed by atoms with Gasteiger partial charge in [0.25, 0.3) is 5.91 Å². The van der Waals surface area contributed by atoms with E-state index in [9.17, 15) is 4.79 Å². The summed E-state index contributed by atoms with van der Waals surface area (Å²) in [6, 6.07) is 5.24. The molecule has 0 aliphatic carbocycles. The molecular weight excluding hydrogens is 429 g/mol. The van der Waals surface area contributed by atoms with Crippen molar-refractivity contribution in [3.63, 3.8) is 0 Å². The van der Waals surface area contributed by atoms with Gasteiger partial charge >= 0.3 is 0 Å². The van der Waals surface area contributed by atoms with E-state index in [4.69, 9.17) is 16.3 Å². The molecule has 0 saturated heterocycles. The van der Waals surface area contributed by atoms with Gasteiger partial charge in [0.2, 0.25) is 0 Å². The molecule has 106 valence electrons. The molecule has 1 aromatic heterocycles. The average molecular weight is 440 g/mol. The van der Waals surface area contributed by atoms with Gasteiger partial charge in [-0.2, -0.15) is 0 Å². The Kier molecular flexibility index (Phi) is 5.12. The lowest BCUT2D eigenvalue weighted by Crippen LogP contribution is -2.11. The summed E-state index contributed by atoms with van der Waals surface area (Å²) < 4.78 is 6.96. The first kappa shape index (κ1) is 15.8. The molecule has 2 rings (SSSR count). The third kappa shape index (κ3) is 3.36. The van der Waals surface area contributed by atoms with Crippen LogP contribution in [0.25, 0.3) is 0 Å². The zero-order chi connectivity index (χ0) is 14.9. The minimum Gasteiger partial charge on any atom is -0.495 e. The van der Waals surface area contributed by atoms with E-state index < -0.39 is 0 Å². The van der Waals surface area contributed by atoms with Gasteiger partial charge in [0, 0.05) is 15.6 Å². The fourth-order valence-electron chi connectivity index (χ4n) is 1.57. The maximum absolute atomic E-state index is 12.2. The van der Waals surface area contributed by atoms with Crippen LogP contribution < -0.4 is 10.1 Å². The van der Waals surface area contributed by atoms with Gasteiger partial charge in [-0.1, -0.05) is 11.6 Å². The Morgan fingerprint density at radius 2 is 2.05 bits per heavy atom. The number of anilines is 1. The molecule has 1 heterocycles. The quantitative estimate of drug-likeness (QED) is 0.686. The van der Waals surface area contributed by atoms with Crippen LogP contribution in [0.5, 0.6) is 5.75 Å². The fraction of sp³-hybridized carbons (Fsp3) is 0.154. The highest BCUT2D eigenvalue weighted by Crippen LogP contribution is 2.34. The maximum Gasteiger partial charge on any atom is 0.265 e. The van der Waals surface area contributed by atoms with Gasteiger partial charge in [-0.05, 0) is 56.5 Å². The number of hydrogen-bond acceptors (Lipinski definition) is 3. The molecule has 1 N–H and O–H groups in total. The first-order valence-electron chi connectivity index (χ1n) is 5.52. The molecule has 3 nitrogen and oxygen atoms in total. The number of halogens is 3. The number of benzene rings is 1. The Morgan fingerprint density at radius 3 is 2.60 bits per heavy atom. The first-order chi connectivity index (χ1) is 9.42. The number of rotatable bonds is 3. The zero-order valence-electron chi connectivity index (χ0n) is 10.6. The smallest absolute Gasteiger partial charge is 0.265 e. The Labute approximate surface area is 142 Å². The molecule has 0 radical (unpaired) electrons. The fourth-order valence-corrected chi connectivity index (χ4v) is 3.66. The van der Waals surface area contributed by atoms with Crippen molar-refractivity contribution in [2.75, 3.05) is 12.4 Å². The second-order valence-corrected chi connectivity index (χ2v) is 7.62. The van der Waals surface area contributed by atoms with Crippen LogP contribution in [0.15, 0.2) is 26.5 Å². The third-order valence-electron chi connectivity index (χ3n) is 2.60. The second-order valence-electron chi connectivity index (χ2n) is 3.99. The molecular formula is C13H10Br2ClNO2S. The molecule has 20 heavy (non-hydrogen) atoms. The van der Waals surface area contributed by atoms with Gasteiger partial charge in [0.05, 0.1) is 21.5 Å². The lowest BCUT2D eigenvalue weighted by atomic mass is 10.2. The van der Waals surface area contributed by atoms with Gasteiger partial charge in [-0.3, -0.25) is 4.79 Å². The highest BCUT2D eigenvalue weighted by Gasteiger charge is 2.15. The number of thiophene rings is 1. The van der Waals surface area contributed by atoms with Crippen molar-refractivity contribution in [1.29, 1.82) is 0 Å². The maximum atomic E-state index is 12.2. The van der Waals surface area contributed by atoms with Crippen LogP contribution in [0, 0.1) is 6.92 Å². The largest absolute Gasteiger partial charge is 0.495 e. The Balaban J connectivity index is 2.29. The molecule has 1 aromatic carbocycles. The van der Waals surface area contributed by atoms with Crippen molar-refractivity contribution in [3.05, 3.63) is 41.9 Å². The normalized spacial score (nSPS) is 10.4. The summed E-state index contributed by atoms with van der Waals surface area (Å²) in [5.41, 5.74) is 1.47. The molecule has 0 aliphatic heterocycles. The summed E-state index contributed by atoms with van der Waals surface area (Å²) in [7, 11) is 1.54. The minimum absolute atomic E-state index is 0.193. The third-order valence-corrected chi connectivity index (χ3v) is 6.26. The van der Waals surface area contributed by atoms with Crippen LogP contribution in [0.4, 0.5) is 5.69 Å². The van der Waals surface area contributed by atoms with Crippen LogP contribution in [0.3, 0.4) is 0 Å². The van der Waals surface area contributed by atoms with E-state index in [1.54, 1.807) is 18.2 Å². The molecule has 0 saturated carbocycles. The van der Waals surface area contributed by atoms with E-state index in [2.05, 4.69) is 37.2 Å². The van der Waals surface area contributed by atoms with Gasteiger partial charge in [-0.25, -0.2) is 0 Å². The van der Waals surface area contributed by atoms with Crippen molar-refractivity contribution in [2.45, 2.75) is 6.92 Å². The number of carbonyl (C=O) groups is 1. The van der Waals surface area contributed by atoms with Crippen molar-refractivity contribution in [3.8, 4) is 5.75 Å². The number of nitrogens with one attached hydrogen (secondary N) is 1. The topological polar surface area (TPSA) is 38.3 Å². The monoisotopic (exact) mass is 437 g/mol. The molecule has 0 aliphatic rings. The van der Waals surface area contributed by atoms with Crippen LogP contribution in [-0.2, 0) is 0 Å². The minimum atomic E-state index is -0.193. The Bertz CT molecular complexity index is 653. The Morgan fingerprint density at radius 1 is 1.35 bits per heavy atom. The van der Waals surface area contributed by atoms with E-state index in [0.717, 1.165) is 13.8 Å². The predicted octanol–water partition coefficient (Wildman–Crippen LogP) is 5.50. The van der Waals surface area contributed by atoms with Crippen molar-refractivity contribution in [1.82, 2.24) is 0 Å². The molecule has 0 atom stereocenters. The number of amides is 1. The molecule has 7 heteroatoms. The number of methoxy groups -OCH3 is 1. The van der Waals surface area contributed by atoms with Gasteiger partial charge in [0.15, 0.2) is 0 Å². The van der Waals surface area contributed by atoms with E-state index in [1.165, 1.54) is 18.4 Å². The van der Waals surface area contributed by atoms with Gasteiger partial charge < -0.3 is 10.1 Å². The highest BCUT2D eigenvalue weighted by molar-refractivity contribution is 9.13. The number of aryl methyl sites for hydroxylation is 1. The van der Waals surface area contributed by atoms with E-state index >= 15 is 0 Å². The Hall–Kier alpha value is -0.560. The molecule has 0 unspecified atom stereocenters. The summed E-state index contributed by atoms with van der Waals surface area (Å²) in [5.74, 6) is 0.338. The molecule has 2 aromatic rings. The summed E-state index contributed by atoms with van der Waals surface area (Å²) >= 11 is 14.1. The summed E-state index contributed by atoms with van der Waals surface area (Å²) in [6.07, 6.45) is 0. The first-order valence-corrected chi connectivity index (χ1v) is 8.30. The standard InChI is InChI=1S/C13H10Br2ClNO2S/c1-6-3-9(10(19-2)5-8(6)16)17-13(18)11-4-7(14)12(15)20-11/h3-5H,1-2H3,(H,17,18). The highest BCUT2D eigenvalue weighted by atomic mass is 79.9. The second kappa shape index (κ2) is 6.47. The summed E-state index contributed by atoms with van der Waals surface area (Å²) in [5, 5.41) is 3.43. The van der Waals surface area contributed by atoms with Crippen molar-refractivity contribution < 1.29 is 9.53 Å². The summed E-state index contributed by atoms with van der Waals surface area (Å²) in [4.78, 5) is 12.8. The molecule has 1 amide bonds. The molecule has 0 bridgehead atoms. The average Bonchev–Trinajstić information content (AvgIpc) is 2.74. The lowest BCUT2D eigenvalue weighted by Gasteiger charge is -2.11. The van der Waals surface area contributed by atoms with Crippen LogP contribution in [0.1, 0.15) is 15.2 Å². The number of ether oxygens (including phenoxy) is 1. The SMILES string of the molecule is COc1cc(Cl)c(C)cc1NC(=O)c1cc(Br)c(Br)s1. The van der Waals surface area contributed by atoms with E-state index in [1.807, 2.05) is 6.92 Å². The number of hydrogen-bond donors (Lipinski definition) is 1. The predicted molar refractivity (Wildman–Crippen MR) is 90.4 cm³/mol. The molecule has 0 spiro atoms. The zero-order valence-corrected chi connectivity index (χ0v) is 15.3. The summed E-state index contributed by atoms with van der Waals surface area (Å²) in [6.45, 7) is 1.87. The van der Waals surface area contributed by atoms with Crippen molar-refractivity contribution >= 4 is 66.4 Å². The van der Waals surface area contributed by atoms with Crippen LogP contribution >= 0.6 is 54.8 Å². The molecule has 0 fully saturated rings. The van der Waals surface area contributed by atoms with E-state index in [-0.39, 0.29) is 5.91 Å². The van der Waals surface area contributed by atoms with E-state index in [0.29, 0.717) is 21.3 Å².